The monoisotopic (exact) mass is 285 g/mol. The van der Waals surface area contributed by atoms with Crippen molar-refractivity contribution in [3.63, 3.8) is 0 Å². The number of nitrogens with one attached hydrogen (secondary N) is 1. The maximum atomic E-state index is 12.6. The molecule has 1 aromatic carbocycles. The van der Waals surface area contributed by atoms with Crippen molar-refractivity contribution in [1.82, 2.24) is 5.32 Å². The maximum Gasteiger partial charge on any atom is 0.227 e. The average Bonchev–Trinajstić information content (AvgIpc) is 2.75. The summed E-state index contributed by atoms with van der Waals surface area (Å²) in [7, 11) is 0. The second kappa shape index (κ2) is 6.25. The van der Waals surface area contributed by atoms with Crippen molar-refractivity contribution in [2.45, 2.75) is 40.5 Å². The fraction of sp³-hybridized carbons (Fsp3) is 0.444. The van der Waals surface area contributed by atoms with Gasteiger partial charge in [-0.3, -0.25) is 9.59 Å². The molecule has 0 bridgehead atoms. The van der Waals surface area contributed by atoms with E-state index in [1.165, 1.54) is 0 Å². The Morgan fingerprint density at radius 1 is 1.10 bits per heavy atom. The molecule has 1 amide bonds. The van der Waals surface area contributed by atoms with E-state index in [2.05, 4.69) is 19.2 Å². The van der Waals surface area contributed by atoms with Gasteiger partial charge in [-0.2, -0.15) is 0 Å². The van der Waals surface area contributed by atoms with Crippen LogP contribution in [0.1, 0.15) is 56.5 Å². The van der Waals surface area contributed by atoms with Gasteiger partial charge in [0.2, 0.25) is 11.7 Å². The highest BCUT2D eigenvalue weighted by atomic mass is 16.2. The lowest BCUT2D eigenvalue weighted by molar-refractivity contribution is -0.123. The summed E-state index contributed by atoms with van der Waals surface area (Å²) >= 11 is 0. The lowest BCUT2D eigenvalue weighted by Gasteiger charge is -2.18. The molecule has 112 valence electrons. The third-order valence-corrected chi connectivity index (χ3v) is 4.12. The molecule has 0 spiro atoms. The van der Waals surface area contributed by atoms with E-state index in [0.29, 0.717) is 17.2 Å². The second-order valence-corrected chi connectivity index (χ2v) is 5.82. The van der Waals surface area contributed by atoms with Crippen LogP contribution >= 0.6 is 0 Å². The molecule has 0 unspecified atom stereocenters. The normalized spacial score (nSPS) is 14.1. The quantitative estimate of drug-likeness (QED) is 0.894. The van der Waals surface area contributed by atoms with Gasteiger partial charge >= 0.3 is 0 Å². The topological polar surface area (TPSA) is 46.2 Å². The number of hydrogen-bond donors (Lipinski definition) is 1. The van der Waals surface area contributed by atoms with Crippen LogP contribution < -0.4 is 5.32 Å². The summed E-state index contributed by atoms with van der Waals surface area (Å²) < 4.78 is 0. The Hall–Kier alpha value is -1.90. The molecule has 0 heterocycles. The van der Waals surface area contributed by atoms with E-state index in [4.69, 9.17) is 0 Å². The van der Waals surface area contributed by atoms with Crippen LogP contribution in [0.4, 0.5) is 0 Å². The molecule has 0 saturated heterocycles. The molecule has 1 aliphatic rings. The third-order valence-electron chi connectivity index (χ3n) is 4.12. The smallest absolute Gasteiger partial charge is 0.227 e. The largest absolute Gasteiger partial charge is 0.322 e. The van der Waals surface area contributed by atoms with Crippen molar-refractivity contribution in [3.05, 3.63) is 41.1 Å². The molecule has 2 rings (SSSR count). The zero-order valence-electron chi connectivity index (χ0n) is 13.2. The summed E-state index contributed by atoms with van der Waals surface area (Å²) in [5.74, 6) is -0.00635. The highest BCUT2D eigenvalue weighted by Gasteiger charge is 2.33. The van der Waals surface area contributed by atoms with Crippen LogP contribution in [0.25, 0.3) is 5.57 Å². The fourth-order valence-electron chi connectivity index (χ4n) is 2.82. The molecule has 0 atom stereocenters. The van der Waals surface area contributed by atoms with Crippen molar-refractivity contribution < 1.29 is 9.59 Å². The summed E-state index contributed by atoms with van der Waals surface area (Å²) in [5.41, 5.74) is 3.19. The van der Waals surface area contributed by atoms with E-state index < -0.39 is 0 Å². The Morgan fingerprint density at radius 3 is 2.19 bits per heavy atom. The van der Waals surface area contributed by atoms with Crippen LogP contribution in [-0.2, 0) is 4.79 Å². The van der Waals surface area contributed by atoms with Crippen molar-refractivity contribution >= 4 is 17.3 Å². The van der Waals surface area contributed by atoms with Gasteiger partial charge in [0.25, 0.3) is 0 Å². The Balaban J connectivity index is 2.52. The lowest BCUT2D eigenvalue weighted by atomic mass is 9.89. The maximum absolute atomic E-state index is 12.6. The van der Waals surface area contributed by atoms with Crippen LogP contribution in [0.3, 0.4) is 0 Å². The van der Waals surface area contributed by atoms with Crippen LogP contribution in [0, 0.1) is 11.8 Å². The van der Waals surface area contributed by atoms with Gasteiger partial charge in [-0.05, 0) is 29.9 Å². The summed E-state index contributed by atoms with van der Waals surface area (Å²) in [4.78, 5) is 24.7. The molecule has 3 nitrogen and oxygen atoms in total. The number of carbonyl (C=O) groups is 2. The first-order valence-electron chi connectivity index (χ1n) is 7.70. The Bertz CT molecular complexity index is 595. The highest BCUT2D eigenvalue weighted by molar-refractivity contribution is 6.21. The van der Waals surface area contributed by atoms with Crippen LogP contribution in [-0.4, -0.2) is 11.7 Å². The van der Waals surface area contributed by atoms with Gasteiger partial charge in [-0.25, -0.2) is 0 Å². The van der Waals surface area contributed by atoms with Crippen molar-refractivity contribution in [2.24, 2.45) is 11.8 Å². The number of fused-ring (bicyclic) bond motifs is 1. The molecule has 0 aliphatic heterocycles. The van der Waals surface area contributed by atoms with Gasteiger partial charge in [0.15, 0.2) is 0 Å². The van der Waals surface area contributed by atoms with Crippen molar-refractivity contribution in [3.8, 4) is 0 Å². The van der Waals surface area contributed by atoms with Gasteiger partial charge in [0.1, 0.15) is 0 Å². The number of hydrogen-bond acceptors (Lipinski definition) is 2. The summed E-state index contributed by atoms with van der Waals surface area (Å²) in [6, 6.07) is 7.64. The van der Waals surface area contributed by atoms with Crippen LogP contribution in [0.15, 0.2) is 30.0 Å². The van der Waals surface area contributed by atoms with E-state index >= 15 is 0 Å². The van der Waals surface area contributed by atoms with Crippen LogP contribution in [0.5, 0.6) is 0 Å². The van der Waals surface area contributed by atoms with Gasteiger partial charge in [-0.1, -0.05) is 52.0 Å². The van der Waals surface area contributed by atoms with Gasteiger partial charge in [0, 0.05) is 11.5 Å². The number of carbonyl (C=O) groups excluding carboxylic acids is 2. The molecule has 1 N–H and O–H groups in total. The lowest BCUT2D eigenvalue weighted by Crippen LogP contribution is -2.30. The predicted molar refractivity (Wildman–Crippen MR) is 84.7 cm³/mol. The molecule has 1 aliphatic carbocycles. The number of ketones is 1. The zero-order valence-corrected chi connectivity index (χ0v) is 13.2. The SMILES string of the molecule is CCC(CC)C1=C(NC(=O)C(C)C)C(=O)c2ccccc21. The highest BCUT2D eigenvalue weighted by Crippen LogP contribution is 2.39. The van der Waals surface area contributed by atoms with E-state index in [-0.39, 0.29) is 17.6 Å². The predicted octanol–water partition coefficient (Wildman–Crippen LogP) is 3.80. The first-order valence-corrected chi connectivity index (χ1v) is 7.70. The molecule has 0 aromatic heterocycles. The second-order valence-electron chi connectivity index (χ2n) is 5.82. The number of rotatable bonds is 5. The summed E-state index contributed by atoms with van der Waals surface area (Å²) in [5, 5.41) is 2.87. The van der Waals surface area contributed by atoms with Crippen LogP contribution in [0.2, 0.25) is 0 Å². The molecular weight excluding hydrogens is 262 g/mol. The van der Waals surface area contributed by atoms with Gasteiger partial charge < -0.3 is 5.32 Å². The van der Waals surface area contributed by atoms with E-state index in [9.17, 15) is 9.59 Å². The summed E-state index contributed by atoms with van der Waals surface area (Å²) in [6.07, 6.45) is 1.91. The Labute approximate surface area is 126 Å². The standard InChI is InChI=1S/C18H23NO2/c1-5-12(6-2)15-13-9-7-8-10-14(13)17(20)16(15)19-18(21)11(3)4/h7-12H,5-6H2,1-4H3,(H,19,20,21). The van der Waals surface area contributed by atoms with E-state index in [1.807, 2.05) is 38.1 Å². The van der Waals surface area contributed by atoms with Crippen molar-refractivity contribution in [2.75, 3.05) is 0 Å². The number of benzene rings is 1. The van der Waals surface area contributed by atoms with Gasteiger partial charge in [-0.15, -0.1) is 0 Å². The zero-order chi connectivity index (χ0) is 15.6. The molecule has 1 aromatic rings. The van der Waals surface area contributed by atoms with E-state index in [0.717, 1.165) is 24.0 Å². The fourth-order valence-corrected chi connectivity index (χ4v) is 2.82. The molecule has 0 radical (unpaired) electrons. The third kappa shape index (κ3) is 2.78. The average molecular weight is 285 g/mol. The number of Topliss-reactive ketones (excluding diaryl/α,β-unsaturated/α-hetero) is 1. The number of amides is 1. The molecule has 0 saturated carbocycles. The van der Waals surface area contributed by atoms with Gasteiger partial charge in [0.05, 0.1) is 5.70 Å². The van der Waals surface area contributed by atoms with Crippen molar-refractivity contribution in [1.29, 1.82) is 0 Å². The Kier molecular flexibility index (Phi) is 4.61. The minimum atomic E-state index is -0.142. The summed E-state index contributed by atoms with van der Waals surface area (Å²) in [6.45, 7) is 7.90. The first-order chi connectivity index (χ1) is 10.0. The van der Waals surface area contributed by atoms with E-state index in [1.54, 1.807) is 0 Å². The first kappa shape index (κ1) is 15.5. The molecule has 0 fully saturated rings. The number of allylic oxidation sites excluding steroid dienone is 2. The Morgan fingerprint density at radius 2 is 1.67 bits per heavy atom. The molecule has 3 heteroatoms. The minimum Gasteiger partial charge on any atom is -0.322 e. The molecule has 21 heavy (non-hydrogen) atoms. The molecular formula is C18H23NO2. The minimum absolute atomic E-state index is 0.0542.